The molecular formula is C24H25N7OS. The van der Waals surface area contributed by atoms with Crippen molar-refractivity contribution in [1.29, 1.82) is 0 Å². The van der Waals surface area contributed by atoms with Crippen LogP contribution >= 0.6 is 11.8 Å². The zero-order valence-corrected chi connectivity index (χ0v) is 19.0. The van der Waals surface area contributed by atoms with Crippen LogP contribution in [0.15, 0.2) is 72.3 Å². The lowest BCUT2D eigenvalue weighted by molar-refractivity contribution is -0.113. The number of carbonyl (C=O) groups is 1. The highest BCUT2D eigenvalue weighted by Gasteiger charge is 2.20. The molecule has 1 aromatic carbocycles. The molecule has 33 heavy (non-hydrogen) atoms. The monoisotopic (exact) mass is 459 g/mol. The lowest BCUT2D eigenvalue weighted by Gasteiger charge is -2.23. The summed E-state index contributed by atoms with van der Waals surface area (Å²) in [6, 6.07) is 15.9. The van der Waals surface area contributed by atoms with Crippen LogP contribution in [0.25, 0.3) is 17.1 Å². The molecule has 3 heterocycles. The maximum absolute atomic E-state index is 12.8. The van der Waals surface area contributed by atoms with Crippen molar-refractivity contribution in [2.75, 3.05) is 11.1 Å². The van der Waals surface area contributed by atoms with Crippen molar-refractivity contribution >= 4 is 23.5 Å². The van der Waals surface area contributed by atoms with Gasteiger partial charge < -0.3 is 5.32 Å². The van der Waals surface area contributed by atoms with Crippen LogP contribution in [0, 0.1) is 0 Å². The molecule has 0 radical (unpaired) electrons. The zero-order valence-electron chi connectivity index (χ0n) is 18.2. The number of carbonyl (C=O) groups excluding carboxylic acids is 1. The molecule has 0 unspecified atom stereocenters. The first kappa shape index (κ1) is 21.4. The van der Waals surface area contributed by atoms with E-state index < -0.39 is 0 Å². The number of hydrogen-bond acceptors (Lipinski definition) is 6. The Morgan fingerprint density at radius 2 is 1.85 bits per heavy atom. The normalized spacial score (nSPS) is 14.3. The number of thioether (sulfide) groups is 1. The number of nitrogens with one attached hydrogen (secondary N) is 1. The molecule has 1 fully saturated rings. The first-order chi connectivity index (χ1) is 16.3. The Balaban J connectivity index is 1.33. The lowest BCUT2D eigenvalue weighted by atomic mass is 9.96. The fourth-order valence-corrected chi connectivity index (χ4v) is 4.95. The van der Waals surface area contributed by atoms with Crippen molar-refractivity contribution in [2.24, 2.45) is 0 Å². The number of para-hydroxylation sites is 1. The standard InChI is InChI=1S/C24H25N7OS/c32-22(27-21-13-15-26-31(21)20-11-5-2-6-12-20)17-33-24-29-28-23(18-8-7-14-25-16-18)30(24)19-9-3-1-4-10-19/h1,3-4,7-10,13-16,20H,2,5-6,11-12,17H2,(H,27,32). The highest BCUT2D eigenvalue weighted by Crippen LogP contribution is 2.30. The number of nitrogens with zero attached hydrogens (tertiary/aromatic N) is 6. The average Bonchev–Trinajstić information content (AvgIpc) is 3.51. The lowest BCUT2D eigenvalue weighted by Crippen LogP contribution is -2.21. The maximum atomic E-state index is 12.8. The van der Waals surface area contributed by atoms with Gasteiger partial charge in [0.15, 0.2) is 11.0 Å². The summed E-state index contributed by atoms with van der Waals surface area (Å²) in [6.07, 6.45) is 11.2. The molecule has 4 aromatic rings. The van der Waals surface area contributed by atoms with Gasteiger partial charge in [0.25, 0.3) is 0 Å². The first-order valence-corrected chi connectivity index (χ1v) is 12.2. The summed E-state index contributed by atoms with van der Waals surface area (Å²) in [7, 11) is 0. The predicted molar refractivity (Wildman–Crippen MR) is 128 cm³/mol. The van der Waals surface area contributed by atoms with Crippen molar-refractivity contribution in [3.8, 4) is 17.1 Å². The summed E-state index contributed by atoms with van der Waals surface area (Å²) in [5.41, 5.74) is 1.79. The van der Waals surface area contributed by atoms with Crippen molar-refractivity contribution < 1.29 is 4.79 Å². The largest absolute Gasteiger partial charge is 0.310 e. The number of benzene rings is 1. The van der Waals surface area contributed by atoms with E-state index in [-0.39, 0.29) is 11.7 Å². The number of aromatic nitrogens is 6. The van der Waals surface area contributed by atoms with E-state index in [4.69, 9.17) is 0 Å². The molecule has 0 aliphatic heterocycles. The minimum Gasteiger partial charge on any atom is -0.310 e. The van der Waals surface area contributed by atoms with Gasteiger partial charge in [0, 0.05) is 29.7 Å². The van der Waals surface area contributed by atoms with Crippen LogP contribution in [0.1, 0.15) is 38.1 Å². The Morgan fingerprint density at radius 3 is 2.64 bits per heavy atom. The van der Waals surface area contributed by atoms with E-state index in [9.17, 15) is 4.79 Å². The van der Waals surface area contributed by atoms with Gasteiger partial charge in [-0.05, 0) is 37.1 Å². The van der Waals surface area contributed by atoms with Crippen LogP contribution < -0.4 is 5.32 Å². The van der Waals surface area contributed by atoms with Crippen molar-refractivity contribution in [3.63, 3.8) is 0 Å². The second-order valence-electron chi connectivity index (χ2n) is 8.01. The van der Waals surface area contributed by atoms with Gasteiger partial charge in [-0.1, -0.05) is 49.2 Å². The van der Waals surface area contributed by atoms with Gasteiger partial charge in [0.2, 0.25) is 5.91 Å². The third kappa shape index (κ3) is 4.83. The number of hydrogen-bond donors (Lipinski definition) is 1. The molecule has 9 heteroatoms. The van der Waals surface area contributed by atoms with Crippen molar-refractivity contribution in [1.82, 2.24) is 29.5 Å². The fourth-order valence-electron chi connectivity index (χ4n) is 4.19. The number of pyridine rings is 1. The molecule has 3 aromatic heterocycles. The fraction of sp³-hybridized carbons (Fsp3) is 0.292. The molecule has 1 amide bonds. The van der Waals surface area contributed by atoms with Gasteiger partial charge in [-0.15, -0.1) is 10.2 Å². The smallest absolute Gasteiger partial charge is 0.235 e. The molecule has 1 N–H and O–H groups in total. The van der Waals surface area contributed by atoms with E-state index in [0.717, 1.165) is 29.9 Å². The van der Waals surface area contributed by atoms with Crippen LogP contribution in [0.4, 0.5) is 5.82 Å². The second kappa shape index (κ2) is 9.99. The molecular weight excluding hydrogens is 434 g/mol. The Labute approximate surface area is 196 Å². The Bertz CT molecular complexity index is 1200. The zero-order chi connectivity index (χ0) is 22.5. The minimum absolute atomic E-state index is 0.0944. The second-order valence-corrected chi connectivity index (χ2v) is 8.95. The van der Waals surface area contributed by atoms with E-state index >= 15 is 0 Å². The summed E-state index contributed by atoms with van der Waals surface area (Å²) < 4.78 is 3.93. The topological polar surface area (TPSA) is 90.5 Å². The highest BCUT2D eigenvalue weighted by atomic mass is 32.2. The molecule has 1 aliphatic rings. The summed E-state index contributed by atoms with van der Waals surface area (Å²) in [5, 5.41) is 16.9. The first-order valence-electron chi connectivity index (χ1n) is 11.2. The molecule has 5 rings (SSSR count). The molecule has 8 nitrogen and oxygen atoms in total. The van der Waals surface area contributed by atoms with Crippen molar-refractivity contribution in [3.05, 3.63) is 67.1 Å². The molecule has 0 saturated heterocycles. The van der Waals surface area contributed by atoms with E-state index in [1.54, 1.807) is 18.6 Å². The summed E-state index contributed by atoms with van der Waals surface area (Å²) in [6.45, 7) is 0. The molecule has 0 spiro atoms. The SMILES string of the molecule is O=C(CSc1nnc(-c2cccnc2)n1-c1ccccc1)Nc1ccnn1C1CCCCC1. The molecule has 1 aliphatic carbocycles. The van der Waals surface area contributed by atoms with E-state index in [1.165, 1.54) is 31.0 Å². The summed E-state index contributed by atoms with van der Waals surface area (Å²) in [5.74, 6) is 1.57. The van der Waals surface area contributed by atoms with Crippen molar-refractivity contribution in [2.45, 2.75) is 43.3 Å². The van der Waals surface area contributed by atoms with Gasteiger partial charge in [-0.2, -0.15) is 5.10 Å². The third-order valence-corrected chi connectivity index (χ3v) is 6.69. The molecule has 0 bridgehead atoms. The Hall–Kier alpha value is -3.46. The van der Waals surface area contributed by atoms with Gasteiger partial charge in [-0.25, -0.2) is 4.68 Å². The van der Waals surface area contributed by atoms with Gasteiger partial charge in [0.05, 0.1) is 18.0 Å². The molecule has 168 valence electrons. The van der Waals surface area contributed by atoms with E-state index in [0.29, 0.717) is 17.0 Å². The van der Waals surface area contributed by atoms with Gasteiger partial charge >= 0.3 is 0 Å². The van der Waals surface area contributed by atoms with Gasteiger partial charge in [-0.3, -0.25) is 14.3 Å². The van der Waals surface area contributed by atoms with E-state index in [1.807, 2.05) is 57.8 Å². The average molecular weight is 460 g/mol. The van der Waals surface area contributed by atoms with E-state index in [2.05, 4.69) is 25.6 Å². The number of amides is 1. The maximum Gasteiger partial charge on any atom is 0.235 e. The Kier molecular flexibility index (Phi) is 6.48. The van der Waals surface area contributed by atoms with Crippen LogP contribution in [-0.2, 0) is 4.79 Å². The van der Waals surface area contributed by atoms with Crippen LogP contribution in [0.3, 0.4) is 0 Å². The third-order valence-electron chi connectivity index (χ3n) is 5.76. The summed E-state index contributed by atoms with van der Waals surface area (Å²) in [4.78, 5) is 17.0. The van der Waals surface area contributed by atoms with Crippen LogP contribution in [0.5, 0.6) is 0 Å². The van der Waals surface area contributed by atoms with Crippen LogP contribution in [-0.4, -0.2) is 41.2 Å². The molecule has 0 atom stereocenters. The van der Waals surface area contributed by atoms with Crippen LogP contribution in [0.2, 0.25) is 0 Å². The predicted octanol–water partition coefficient (Wildman–Crippen LogP) is 4.76. The summed E-state index contributed by atoms with van der Waals surface area (Å²) >= 11 is 1.36. The molecule has 1 saturated carbocycles. The number of rotatable bonds is 7. The van der Waals surface area contributed by atoms with Gasteiger partial charge in [0.1, 0.15) is 5.82 Å². The Morgan fingerprint density at radius 1 is 1.00 bits per heavy atom. The number of anilines is 1. The quantitative estimate of drug-likeness (QED) is 0.401. The highest BCUT2D eigenvalue weighted by molar-refractivity contribution is 7.99. The minimum atomic E-state index is -0.0944.